The Hall–Kier alpha value is -1.69. The van der Waals surface area contributed by atoms with E-state index in [1.165, 1.54) is 19.2 Å². The van der Waals surface area contributed by atoms with Gasteiger partial charge in [-0.3, -0.25) is 5.32 Å². The number of halogens is 1. The maximum Gasteiger partial charge on any atom is 0.413 e. The number of benzene rings is 1. The summed E-state index contributed by atoms with van der Waals surface area (Å²) in [5.41, 5.74) is 0.193. The van der Waals surface area contributed by atoms with Crippen LogP contribution in [0.25, 0.3) is 0 Å². The first kappa shape index (κ1) is 11.4. The van der Waals surface area contributed by atoms with Gasteiger partial charge in [0.15, 0.2) is 5.11 Å². The standard InChI is InChI=1S/C9H9FN2O2S/c1-14-9(13)12-8(15)11-7-5-3-2-4-6(7)10/h2-5H,1H3,(H2,11,12,13,15). The van der Waals surface area contributed by atoms with Gasteiger partial charge in [-0.2, -0.15) is 0 Å². The maximum atomic E-state index is 13.1. The number of rotatable bonds is 1. The summed E-state index contributed by atoms with van der Waals surface area (Å²) in [6, 6.07) is 5.98. The second kappa shape index (κ2) is 5.26. The average molecular weight is 228 g/mol. The second-order valence-electron chi connectivity index (χ2n) is 2.55. The Balaban J connectivity index is 2.59. The van der Waals surface area contributed by atoms with Gasteiger partial charge in [0.2, 0.25) is 0 Å². The third kappa shape index (κ3) is 3.51. The van der Waals surface area contributed by atoms with Crippen molar-refractivity contribution >= 4 is 29.1 Å². The molecule has 0 saturated heterocycles. The van der Waals surface area contributed by atoms with Gasteiger partial charge in [0.05, 0.1) is 12.8 Å². The van der Waals surface area contributed by atoms with E-state index in [9.17, 15) is 9.18 Å². The molecule has 6 heteroatoms. The summed E-state index contributed by atoms with van der Waals surface area (Å²) in [6.07, 6.45) is -0.705. The van der Waals surface area contributed by atoms with Crippen molar-refractivity contribution in [2.24, 2.45) is 0 Å². The molecule has 0 unspecified atom stereocenters. The smallest absolute Gasteiger partial charge is 0.413 e. The number of carbonyl (C=O) groups is 1. The van der Waals surface area contributed by atoms with Crippen molar-refractivity contribution in [2.75, 3.05) is 12.4 Å². The monoisotopic (exact) mass is 228 g/mol. The largest absolute Gasteiger partial charge is 0.453 e. The normalized spacial score (nSPS) is 9.20. The minimum atomic E-state index is -0.705. The fourth-order valence-corrected chi connectivity index (χ4v) is 1.05. The van der Waals surface area contributed by atoms with Gasteiger partial charge >= 0.3 is 6.09 Å². The van der Waals surface area contributed by atoms with Gasteiger partial charge < -0.3 is 10.1 Å². The summed E-state index contributed by atoms with van der Waals surface area (Å²) in [5, 5.41) is 4.70. The van der Waals surface area contributed by atoms with Crippen molar-refractivity contribution in [2.45, 2.75) is 0 Å². The first-order valence-corrected chi connectivity index (χ1v) is 4.45. The van der Waals surface area contributed by atoms with Crippen LogP contribution in [0.15, 0.2) is 24.3 Å². The van der Waals surface area contributed by atoms with Crippen molar-refractivity contribution in [3.8, 4) is 0 Å². The number of para-hydroxylation sites is 1. The lowest BCUT2D eigenvalue weighted by Crippen LogP contribution is -2.34. The van der Waals surface area contributed by atoms with Gasteiger partial charge in [-0.15, -0.1) is 0 Å². The summed E-state index contributed by atoms with van der Waals surface area (Å²) in [4.78, 5) is 10.7. The zero-order valence-electron chi connectivity index (χ0n) is 7.91. The van der Waals surface area contributed by atoms with Gasteiger partial charge in [0, 0.05) is 0 Å². The predicted molar refractivity (Wildman–Crippen MR) is 58.2 cm³/mol. The van der Waals surface area contributed by atoms with E-state index in [1.54, 1.807) is 12.1 Å². The number of thiocarbonyl (C=S) groups is 1. The van der Waals surface area contributed by atoms with E-state index in [1.807, 2.05) is 0 Å². The lowest BCUT2D eigenvalue weighted by atomic mass is 10.3. The molecular weight excluding hydrogens is 219 g/mol. The molecule has 1 aromatic rings. The van der Waals surface area contributed by atoms with E-state index < -0.39 is 11.9 Å². The van der Waals surface area contributed by atoms with E-state index in [4.69, 9.17) is 12.2 Å². The van der Waals surface area contributed by atoms with Gasteiger partial charge in [-0.1, -0.05) is 12.1 Å². The summed E-state index contributed by atoms with van der Waals surface area (Å²) < 4.78 is 17.4. The number of ether oxygens (including phenoxy) is 1. The van der Waals surface area contributed by atoms with Crippen LogP contribution in [-0.4, -0.2) is 18.3 Å². The maximum absolute atomic E-state index is 13.1. The minimum absolute atomic E-state index is 0.0213. The van der Waals surface area contributed by atoms with Crippen LogP contribution < -0.4 is 10.6 Å². The molecule has 0 atom stereocenters. The lowest BCUT2D eigenvalue weighted by Gasteiger charge is -2.08. The highest BCUT2D eigenvalue weighted by Gasteiger charge is 2.05. The molecule has 0 radical (unpaired) electrons. The van der Waals surface area contributed by atoms with Gasteiger partial charge in [0.25, 0.3) is 0 Å². The highest BCUT2D eigenvalue weighted by Crippen LogP contribution is 2.11. The van der Waals surface area contributed by atoms with Crippen LogP contribution in [-0.2, 0) is 4.74 Å². The van der Waals surface area contributed by atoms with E-state index in [-0.39, 0.29) is 10.8 Å². The Morgan fingerprint density at radius 1 is 1.47 bits per heavy atom. The fourth-order valence-electron chi connectivity index (χ4n) is 0.860. The first-order valence-electron chi connectivity index (χ1n) is 4.04. The number of methoxy groups -OCH3 is 1. The van der Waals surface area contributed by atoms with Gasteiger partial charge in [-0.25, -0.2) is 9.18 Å². The van der Waals surface area contributed by atoms with Crippen LogP contribution in [0.5, 0.6) is 0 Å². The summed E-state index contributed by atoms with van der Waals surface area (Å²) >= 11 is 4.75. The molecule has 0 aliphatic rings. The van der Waals surface area contributed by atoms with Gasteiger partial charge in [-0.05, 0) is 24.4 Å². The number of anilines is 1. The van der Waals surface area contributed by atoms with Crippen LogP contribution in [0, 0.1) is 5.82 Å². The molecule has 0 fully saturated rings. The molecule has 15 heavy (non-hydrogen) atoms. The van der Waals surface area contributed by atoms with E-state index in [0.29, 0.717) is 0 Å². The van der Waals surface area contributed by atoms with Crippen LogP contribution in [0.4, 0.5) is 14.9 Å². The summed E-state index contributed by atoms with van der Waals surface area (Å²) in [6.45, 7) is 0. The lowest BCUT2D eigenvalue weighted by molar-refractivity contribution is 0.177. The number of carbonyl (C=O) groups excluding carboxylic acids is 1. The first-order chi connectivity index (χ1) is 7.13. The Kier molecular flexibility index (Phi) is 3.99. The topological polar surface area (TPSA) is 50.4 Å². The van der Waals surface area contributed by atoms with Crippen LogP contribution in [0.3, 0.4) is 0 Å². The SMILES string of the molecule is COC(=O)NC(=S)Nc1ccccc1F. The fraction of sp³-hybridized carbons (Fsp3) is 0.111. The van der Waals surface area contributed by atoms with Crippen molar-refractivity contribution < 1.29 is 13.9 Å². The minimum Gasteiger partial charge on any atom is -0.453 e. The molecule has 4 nitrogen and oxygen atoms in total. The summed E-state index contributed by atoms with van der Waals surface area (Å²) in [5.74, 6) is -0.452. The Morgan fingerprint density at radius 3 is 2.73 bits per heavy atom. The van der Waals surface area contributed by atoms with E-state index in [0.717, 1.165) is 0 Å². The van der Waals surface area contributed by atoms with Crippen molar-refractivity contribution in [1.82, 2.24) is 5.32 Å². The van der Waals surface area contributed by atoms with Crippen molar-refractivity contribution in [3.05, 3.63) is 30.1 Å². The van der Waals surface area contributed by atoms with E-state index in [2.05, 4.69) is 15.4 Å². The van der Waals surface area contributed by atoms with Crippen molar-refractivity contribution in [1.29, 1.82) is 0 Å². The number of hydrogen-bond acceptors (Lipinski definition) is 3. The van der Waals surface area contributed by atoms with Crippen LogP contribution in [0.1, 0.15) is 0 Å². The van der Waals surface area contributed by atoms with E-state index >= 15 is 0 Å². The molecule has 0 aromatic heterocycles. The summed E-state index contributed by atoms with van der Waals surface area (Å²) in [7, 11) is 1.21. The molecule has 0 bridgehead atoms. The average Bonchev–Trinajstić information content (AvgIpc) is 2.21. The quantitative estimate of drug-likeness (QED) is 0.720. The molecule has 0 spiro atoms. The molecule has 1 aromatic carbocycles. The molecule has 1 rings (SSSR count). The van der Waals surface area contributed by atoms with Crippen LogP contribution in [0.2, 0.25) is 0 Å². The highest BCUT2D eigenvalue weighted by molar-refractivity contribution is 7.80. The number of alkyl carbamates (subject to hydrolysis) is 1. The third-order valence-corrected chi connectivity index (χ3v) is 1.73. The Bertz CT molecular complexity index is 384. The molecule has 0 aliphatic heterocycles. The Morgan fingerprint density at radius 2 is 2.13 bits per heavy atom. The molecule has 1 amide bonds. The molecule has 2 N–H and O–H groups in total. The highest BCUT2D eigenvalue weighted by atomic mass is 32.1. The molecule has 0 heterocycles. The van der Waals surface area contributed by atoms with Crippen molar-refractivity contribution in [3.63, 3.8) is 0 Å². The van der Waals surface area contributed by atoms with Gasteiger partial charge in [0.1, 0.15) is 5.82 Å². The molecule has 0 saturated carbocycles. The third-order valence-electron chi connectivity index (χ3n) is 1.52. The number of amides is 1. The molecular formula is C9H9FN2O2S. The zero-order chi connectivity index (χ0) is 11.3. The number of nitrogens with one attached hydrogen (secondary N) is 2. The van der Waals surface area contributed by atoms with Crippen LogP contribution >= 0.6 is 12.2 Å². The zero-order valence-corrected chi connectivity index (χ0v) is 8.73. The molecule has 80 valence electrons. The molecule has 0 aliphatic carbocycles. The number of hydrogen-bond donors (Lipinski definition) is 2. The Labute approximate surface area is 91.4 Å². The second-order valence-corrected chi connectivity index (χ2v) is 2.96. The predicted octanol–water partition coefficient (Wildman–Crippen LogP) is 1.88.